The van der Waals surface area contributed by atoms with Gasteiger partial charge in [-0.15, -0.1) is 0 Å². The van der Waals surface area contributed by atoms with Crippen molar-refractivity contribution in [2.24, 2.45) is 0 Å². The standard InChI is InChI=1S/C9H17NO/c11-9-5-3-7-10-6-2-1-4-8(9)10/h8-9,11H,1-7H2/t8-,9+/m1/s1. The molecule has 2 nitrogen and oxygen atoms in total. The molecule has 0 amide bonds. The molecule has 2 rings (SSSR count). The van der Waals surface area contributed by atoms with Crippen LogP contribution in [0.25, 0.3) is 0 Å². The van der Waals surface area contributed by atoms with Crippen molar-refractivity contribution in [1.29, 1.82) is 0 Å². The van der Waals surface area contributed by atoms with Gasteiger partial charge < -0.3 is 5.11 Å². The summed E-state index contributed by atoms with van der Waals surface area (Å²) < 4.78 is 0. The van der Waals surface area contributed by atoms with E-state index in [4.69, 9.17) is 0 Å². The van der Waals surface area contributed by atoms with E-state index in [1.165, 1.54) is 38.8 Å². The Hall–Kier alpha value is -0.0800. The fourth-order valence-electron chi connectivity index (χ4n) is 2.43. The third-order valence-electron chi connectivity index (χ3n) is 3.05. The van der Waals surface area contributed by atoms with Crippen LogP contribution in [0.4, 0.5) is 0 Å². The van der Waals surface area contributed by atoms with E-state index in [0.29, 0.717) is 6.04 Å². The summed E-state index contributed by atoms with van der Waals surface area (Å²) in [6.45, 7) is 2.45. The summed E-state index contributed by atoms with van der Waals surface area (Å²) in [6.07, 6.45) is 6.07. The van der Waals surface area contributed by atoms with E-state index < -0.39 is 0 Å². The summed E-state index contributed by atoms with van der Waals surface area (Å²) in [6, 6.07) is 0.512. The molecule has 2 aliphatic rings. The van der Waals surface area contributed by atoms with Gasteiger partial charge in [-0.3, -0.25) is 4.90 Å². The first kappa shape index (κ1) is 7.56. The highest BCUT2D eigenvalue weighted by Crippen LogP contribution is 2.25. The third kappa shape index (κ3) is 1.42. The molecule has 2 heterocycles. The monoisotopic (exact) mass is 155 g/mol. The van der Waals surface area contributed by atoms with Crippen molar-refractivity contribution in [3.05, 3.63) is 0 Å². The number of aliphatic hydroxyl groups is 1. The molecule has 2 saturated heterocycles. The lowest BCUT2D eigenvalue weighted by Gasteiger charge is -2.42. The van der Waals surface area contributed by atoms with Gasteiger partial charge in [-0.05, 0) is 38.8 Å². The number of fused-ring (bicyclic) bond motifs is 1. The maximum absolute atomic E-state index is 9.66. The first-order chi connectivity index (χ1) is 5.38. The number of hydrogen-bond acceptors (Lipinski definition) is 2. The van der Waals surface area contributed by atoms with Gasteiger partial charge in [-0.2, -0.15) is 0 Å². The lowest BCUT2D eigenvalue weighted by Crippen LogP contribution is -2.50. The number of nitrogens with zero attached hydrogens (tertiary/aromatic N) is 1. The molecule has 0 bridgehead atoms. The van der Waals surface area contributed by atoms with Crippen LogP contribution in [0.1, 0.15) is 32.1 Å². The molecule has 0 unspecified atom stereocenters. The van der Waals surface area contributed by atoms with Crippen LogP contribution in [-0.2, 0) is 0 Å². The van der Waals surface area contributed by atoms with Crippen molar-refractivity contribution in [2.45, 2.75) is 44.2 Å². The molecule has 0 aromatic heterocycles. The van der Waals surface area contributed by atoms with Crippen LogP contribution in [-0.4, -0.2) is 35.2 Å². The minimum atomic E-state index is -0.0240. The van der Waals surface area contributed by atoms with Crippen LogP contribution >= 0.6 is 0 Å². The zero-order valence-electron chi connectivity index (χ0n) is 7.00. The SMILES string of the molecule is O[C@H]1CCCN2CCCC[C@H]12. The van der Waals surface area contributed by atoms with E-state index in [9.17, 15) is 5.11 Å². The zero-order chi connectivity index (χ0) is 7.68. The number of piperidine rings is 2. The van der Waals surface area contributed by atoms with Crippen LogP contribution in [0, 0.1) is 0 Å². The largest absolute Gasteiger partial charge is 0.391 e. The fourth-order valence-corrected chi connectivity index (χ4v) is 2.43. The van der Waals surface area contributed by atoms with E-state index in [-0.39, 0.29) is 6.10 Å². The van der Waals surface area contributed by atoms with Crippen molar-refractivity contribution in [2.75, 3.05) is 13.1 Å². The maximum atomic E-state index is 9.66. The molecule has 2 fully saturated rings. The Balaban J connectivity index is 1.99. The van der Waals surface area contributed by atoms with Gasteiger partial charge in [0, 0.05) is 6.04 Å². The second kappa shape index (κ2) is 3.11. The van der Waals surface area contributed by atoms with Crippen LogP contribution in [0.2, 0.25) is 0 Å². The van der Waals surface area contributed by atoms with Gasteiger partial charge in [0.2, 0.25) is 0 Å². The molecule has 2 atom stereocenters. The van der Waals surface area contributed by atoms with Gasteiger partial charge in [0.15, 0.2) is 0 Å². The molecule has 0 spiro atoms. The van der Waals surface area contributed by atoms with Crippen molar-refractivity contribution in [1.82, 2.24) is 4.90 Å². The summed E-state index contributed by atoms with van der Waals surface area (Å²) in [7, 11) is 0. The van der Waals surface area contributed by atoms with Gasteiger partial charge in [-0.25, -0.2) is 0 Å². The molecule has 0 radical (unpaired) electrons. The minimum absolute atomic E-state index is 0.0240. The quantitative estimate of drug-likeness (QED) is 0.564. The molecule has 0 saturated carbocycles. The Morgan fingerprint density at radius 3 is 2.64 bits per heavy atom. The van der Waals surface area contributed by atoms with Crippen molar-refractivity contribution in [3.8, 4) is 0 Å². The van der Waals surface area contributed by atoms with E-state index in [1.54, 1.807) is 0 Å². The average molecular weight is 155 g/mol. The van der Waals surface area contributed by atoms with Gasteiger partial charge in [0.25, 0.3) is 0 Å². The predicted octanol–water partition coefficient (Wildman–Crippen LogP) is 0.996. The molecule has 1 N–H and O–H groups in total. The van der Waals surface area contributed by atoms with Crippen LogP contribution < -0.4 is 0 Å². The van der Waals surface area contributed by atoms with Gasteiger partial charge in [0.1, 0.15) is 0 Å². The molecule has 11 heavy (non-hydrogen) atoms. The van der Waals surface area contributed by atoms with Crippen LogP contribution in [0.15, 0.2) is 0 Å². The van der Waals surface area contributed by atoms with Gasteiger partial charge in [-0.1, -0.05) is 6.42 Å². The second-order valence-corrected chi connectivity index (χ2v) is 3.81. The fraction of sp³-hybridized carbons (Fsp3) is 1.00. The van der Waals surface area contributed by atoms with Gasteiger partial charge in [0.05, 0.1) is 6.10 Å². The molecular weight excluding hydrogens is 138 g/mol. The molecule has 2 aliphatic heterocycles. The predicted molar refractivity (Wildman–Crippen MR) is 44.5 cm³/mol. The molecule has 0 aliphatic carbocycles. The lowest BCUT2D eigenvalue weighted by molar-refractivity contribution is -0.00844. The number of aliphatic hydroxyl groups excluding tert-OH is 1. The Labute approximate surface area is 68.2 Å². The summed E-state index contributed by atoms with van der Waals surface area (Å²) in [5, 5.41) is 9.66. The highest BCUT2D eigenvalue weighted by Gasteiger charge is 2.31. The van der Waals surface area contributed by atoms with Crippen molar-refractivity contribution in [3.63, 3.8) is 0 Å². The van der Waals surface area contributed by atoms with E-state index in [1.807, 2.05) is 0 Å². The average Bonchev–Trinajstić information content (AvgIpc) is 2.06. The molecule has 0 aromatic rings. The highest BCUT2D eigenvalue weighted by atomic mass is 16.3. The topological polar surface area (TPSA) is 23.5 Å². The Morgan fingerprint density at radius 1 is 1.00 bits per heavy atom. The summed E-state index contributed by atoms with van der Waals surface area (Å²) >= 11 is 0. The molecule has 64 valence electrons. The lowest BCUT2D eigenvalue weighted by atomic mass is 9.91. The Kier molecular flexibility index (Phi) is 2.14. The van der Waals surface area contributed by atoms with E-state index >= 15 is 0 Å². The summed E-state index contributed by atoms with van der Waals surface area (Å²) in [4.78, 5) is 2.47. The van der Waals surface area contributed by atoms with Gasteiger partial charge >= 0.3 is 0 Å². The van der Waals surface area contributed by atoms with Crippen molar-refractivity contribution >= 4 is 0 Å². The Bertz CT molecular complexity index is 136. The molecule has 2 heteroatoms. The highest BCUT2D eigenvalue weighted by molar-refractivity contribution is 4.86. The first-order valence-electron chi connectivity index (χ1n) is 4.80. The molecule has 0 aromatic carbocycles. The summed E-state index contributed by atoms with van der Waals surface area (Å²) in [5.41, 5.74) is 0. The number of hydrogen-bond donors (Lipinski definition) is 1. The van der Waals surface area contributed by atoms with Crippen LogP contribution in [0.5, 0.6) is 0 Å². The molecular formula is C9H17NO. The van der Waals surface area contributed by atoms with Crippen molar-refractivity contribution < 1.29 is 5.11 Å². The van der Waals surface area contributed by atoms with E-state index in [2.05, 4.69) is 4.90 Å². The summed E-state index contributed by atoms with van der Waals surface area (Å²) in [5.74, 6) is 0. The Morgan fingerprint density at radius 2 is 1.82 bits per heavy atom. The maximum Gasteiger partial charge on any atom is 0.0695 e. The minimum Gasteiger partial charge on any atom is -0.391 e. The second-order valence-electron chi connectivity index (χ2n) is 3.81. The first-order valence-corrected chi connectivity index (χ1v) is 4.80. The smallest absolute Gasteiger partial charge is 0.0695 e. The van der Waals surface area contributed by atoms with E-state index in [0.717, 1.165) is 6.42 Å². The van der Waals surface area contributed by atoms with Crippen LogP contribution in [0.3, 0.4) is 0 Å². The number of rotatable bonds is 0. The third-order valence-corrected chi connectivity index (χ3v) is 3.05. The zero-order valence-corrected chi connectivity index (χ0v) is 7.00. The normalized spacial score (nSPS) is 40.1.